The number of hydrogen-bond acceptors (Lipinski definition) is 5. The van der Waals surface area contributed by atoms with Gasteiger partial charge in [0.05, 0.1) is 14.2 Å². The summed E-state index contributed by atoms with van der Waals surface area (Å²) in [5.74, 6) is -0.131. The van der Waals surface area contributed by atoms with Crippen LogP contribution in [0.1, 0.15) is 5.56 Å². The van der Waals surface area contributed by atoms with E-state index in [0.29, 0.717) is 6.42 Å². The van der Waals surface area contributed by atoms with Gasteiger partial charge in [-0.05, 0) is 17.7 Å². The van der Waals surface area contributed by atoms with E-state index in [1.54, 1.807) is 19.2 Å². The summed E-state index contributed by atoms with van der Waals surface area (Å²) in [6.07, 6.45) is 0.339. The van der Waals surface area contributed by atoms with Crippen molar-refractivity contribution in [1.29, 1.82) is 0 Å². The minimum atomic E-state index is -0.740. The van der Waals surface area contributed by atoms with Gasteiger partial charge in [-0.3, -0.25) is 4.79 Å². The summed E-state index contributed by atoms with van der Waals surface area (Å²) < 4.78 is 14.5. The largest absolute Gasteiger partial charge is 0.497 e. The van der Waals surface area contributed by atoms with Crippen LogP contribution in [0.3, 0.4) is 0 Å². The fraction of sp³-hybridized carbons (Fsp3) is 0.429. The van der Waals surface area contributed by atoms with E-state index < -0.39 is 12.0 Å². The van der Waals surface area contributed by atoms with Gasteiger partial charge in [0.25, 0.3) is 0 Å². The zero-order valence-electron chi connectivity index (χ0n) is 11.8. The maximum atomic E-state index is 11.7. The zero-order chi connectivity index (χ0) is 15.0. The third-order valence-electron chi connectivity index (χ3n) is 2.70. The molecule has 110 valence electrons. The fourth-order valence-electron chi connectivity index (χ4n) is 1.70. The first-order valence-corrected chi connectivity index (χ1v) is 6.09. The predicted molar refractivity (Wildman–Crippen MR) is 72.5 cm³/mol. The first-order chi connectivity index (χ1) is 9.60. The van der Waals surface area contributed by atoms with Gasteiger partial charge in [0.2, 0.25) is 5.91 Å². The summed E-state index contributed by atoms with van der Waals surface area (Å²) in [6.45, 7) is -0.101. The Morgan fingerprint density at radius 3 is 2.30 bits per heavy atom. The lowest BCUT2D eigenvalue weighted by molar-refractivity contribution is -0.145. The monoisotopic (exact) mass is 281 g/mol. The number of hydrogen-bond donors (Lipinski definition) is 1. The minimum Gasteiger partial charge on any atom is -0.497 e. The van der Waals surface area contributed by atoms with Crippen LogP contribution in [-0.4, -0.2) is 45.9 Å². The van der Waals surface area contributed by atoms with Crippen LogP contribution < -0.4 is 10.1 Å². The summed E-state index contributed by atoms with van der Waals surface area (Å²) in [6, 6.07) is 6.51. The highest BCUT2D eigenvalue weighted by Crippen LogP contribution is 2.13. The van der Waals surface area contributed by atoms with Gasteiger partial charge in [-0.1, -0.05) is 12.1 Å². The Balaban J connectivity index is 2.72. The molecule has 6 heteroatoms. The lowest BCUT2D eigenvalue weighted by atomic mass is 10.1. The van der Waals surface area contributed by atoms with Gasteiger partial charge >= 0.3 is 5.97 Å². The molecule has 0 bridgehead atoms. The second-order valence-electron chi connectivity index (χ2n) is 4.13. The number of ether oxygens (including phenoxy) is 3. The molecule has 20 heavy (non-hydrogen) atoms. The van der Waals surface area contributed by atoms with E-state index in [0.717, 1.165) is 11.3 Å². The van der Waals surface area contributed by atoms with Crippen LogP contribution >= 0.6 is 0 Å². The number of rotatable bonds is 7. The normalized spacial score (nSPS) is 11.6. The second kappa shape index (κ2) is 8.16. The highest BCUT2D eigenvalue weighted by Gasteiger charge is 2.21. The van der Waals surface area contributed by atoms with E-state index in [1.807, 2.05) is 12.1 Å². The highest BCUT2D eigenvalue weighted by molar-refractivity contribution is 5.85. The maximum absolute atomic E-state index is 11.7. The van der Waals surface area contributed by atoms with Crippen molar-refractivity contribution >= 4 is 11.9 Å². The molecule has 0 aliphatic heterocycles. The van der Waals surface area contributed by atoms with Gasteiger partial charge in [0.1, 0.15) is 18.4 Å². The topological polar surface area (TPSA) is 73.9 Å². The first-order valence-electron chi connectivity index (χ1n) is 6.09. The Kier molecular flexibility index (Phi) is 6.52. The molecule has 0 aromatic heterocycles. The molecule has 1 aromatic rings. The highest BCUT2D eigenvalue weighted by atomic mass is 16.5. The summed E-state index contributed by atoms with van der Waals surface area (Å²) in [5.41, 5.74) is 0.888. The smallest absolute Gasteiger partial charge is 0.328 e. The quantitative estimate of drug-likeness (QED) is 0.738. The van der Waals surface area contributed by atoms with Crippen molar-refractivity contribution in [3.63, 3.8) is 0 Å². The van der Waals surface area contributed by atoms with Crippen LogP contribution in [0.25, 0.3) is 0 Å². The van der Waals surface area contributed by atoms with Crippen molar-refractivity contribution in [2.24, 2.45) is 0 Å². The number of carbonyl (C=O) groups excluding carboxylic acids is 2. The molecule has 6 nitrogen and oxygen atoms in total. The summed E-state index contributed by atoms with van der Waals surface area (Å²) in [4.78, 5) is 23.2. The Hall–Kier alpha value is -2.08. The average Bonchev–Trinajstić information content (AvgIpc) is 2.46. The molecular weight excluding hydrogens is 262 g/mol. The molecule has 0 unspecified atom stereocenters. The van der Waals surface area contributed by atoms with Crippen LogP contribution in [0.15, 0.2) is 24.3 Å². The second-order valence-corrected chi connectivity index (χ2v) is 4.13. The third-order valence-corrected chi connectivity index (χ3v) is 2.70. The molecule has 0 saturated heterocycles. The molecule has 1 amide bonds. The van der Waals surface area contributed by atoms with Gasteiger partial charge in [-0.2, -0.15) is 0 Å². The van der Waals surface area contributed by atoms with Crippen LogP contribution in [0, 0.1) is 0 Å². The Labute approximate surface area is 118 Å². The van der Waals surface area contributed by atoms with Crippen molar-refractivity contribution in [2.45, 2.75) is 12.5 Å². The molecular formula is C14H19NO5. The van der Waals surface area contributed by atoms with E-state index in [4.69, 9.17) is 9.47 Å². The SMILES string of the molecule is COCC(=O)N[C@@H](Cc1ccc(OC)cc1)C(=O)OC. The van der Waals surface area contributed by atoms with Crippen molar-refractivity contribution in [2.75, 3.05) is 27.9 Å². The predicted octanol–water partition coefficient (Wildman–Crippen LogP) is 0.542. The van der Waals surface area contributed by atoms with Crippen molar-refractivity contribution in [1.82, 2.24) is 5.32 Å². The molecule has 0 saturated carbocycles. The van der Waals surface area contributed by atoms with E-state index in [-0.39, 0.29) is 12.5 Å². The van der Waals surface area contributed by atoms with Crippen LogP contribution in [0.4, 0.5) is 0 Å². The van der Waals surface area contributed by atoms with E-state index in [9.17, 15) is 9.59 Å². The number of carbonyl (C=O) groups is 2. The van der Waals surface area contributed by atoms with Crippen molar-refractivity contribution in [3.8, 4) is 5.75 Å². The van der Waals surface area contributed by atoms with Crippen LogP contribution in [0.2, 0.25) is 0 Å². The van der Waals surface area contributed by atoms with Crippen LogP contribution in [-0.2, 0) is 25.5 Å². The Morgan fingerprint density at radius 2 is 1.80 bits per heavy atom. The molecule has 1 rings (SSSR count). The fourth-order valence-corrected chi connectivity index (χ4v) is 1.70. The molecule has 1 N–H and O–H groups in total. The Bertz CT molecular complexity index is 443. The number of methoxy groups -OCH3 is 3. The summed E-state index contributed by atoms with van der Waals surface area (Å²) in [7, 11) is 4.28. The van der Waals surface area contributed by atoms with Gasteiger partial charge in [-0.15, -0.1) is 0 Å². The van der Waals surface area contributed by atoms with Gasteiger partial charge in [0, 0.05) is 13.5 Å². The lowest BCUT2D eigenvalue weighted by Crippen LogP contribution is -2.44. The standard InChI is InChI=1S/C14H19NO5/c1-18-9-13(16)15-12(14(17)20-3)8-10-4-6-11(19-2)7-5-10/h4-7,12H,8-9H2,1-3H3,(H,15,16)/t12-/m0/s1. The summed E-state index contributed by atoms with van der Waals surface area (Å²) in [5, 5.41) is 2.58. The number of nitrogens with one attached hydrogen (secondary N) is 1. The van der Waals surface area contributed by atoms with Gasteiger partial charge in [0.15, 0.2) is 0 Å². The average molecular weight is 281 g/mol. The molecule has 1 atom stereocenters. The molecule has 0 fully saturated rings. The van der Waals surface area contributed by atoms with Crippen molar-refractivity contribution < 1.29 is 23.8 Å². The summed E-state index contributed by atoms with van der Waals surface area (Å²) >= 11 is 0. The number of amides is 1. The number of esters is 1. The van der Waals surface area contributed by atoms with E-state index in [1.165, 1.54) is 14.2 Å². The molecule has 0 aliphatic rings. The molecule has 0 heterocycles. The molecule has 0 aliphatic carbocycles. The van der Waals surface area contributed by atoms with Crippen molar-refractivity contribution in [3.05, 3.63) is 29.8 Å². The first kappa shape index (κ1) is 16.0. The molecule has 1 aromatic carbocycles. The number of benzene rings is 1. The maximum Gasteiger partial charge on any atom is 0.328 e. The van der Waals surface area contributed by atoms with Crippen LogP contribution in [0.5, 0.6) is 5.75 Å². The third kappa shape index (κ3) is 4.89. The Morgan fingerprint density at radius 1 is 1.15 bits per heavy atom. The van der Waals surface area contributed by atoms with E-state index >= 15 is 0 Å². The van der Waals surface area contributed by atoms with Gasteiger partial charge in [-0.25, -0.2) is 4.79 Å². The molecule has 0 spiro atoms. The zero-order valence-corrected chi connectivity index (χ0v) is 11.8. The van der Waals surface area contributed by atoms with Gasteiger partial charge < -0.3 is 19.5 Å². The molecule has 0 radical (unpaired) electrons. The minimum absolute atomic E-state index is 0.101. The van der Waals surface area contributed by atoms with E-state index in [2.05, 4.69) is 10.1 Å². The lowest BCUT2D eigenvalue weighted by Gasteiger charge is -2.16.